The Bertz CT molecular complexity index is 427. The van der Waals surface area contributed by atoms with E-state index in [0.29, 0.717) is 19.1 Å². The predicted octanol–water partition coefficient (Wildman–Crippen LogP) is 2.59. The number of hydrogen-bond donors (Lipinski definition) is 2. The molecule has 2 unspecified atom stereocenters. The highest BCUT2D eigenvalue weighted by molar-refractivity contribution is 14.0. The number of carbonyl (C=O) groups excluding carboxylic acids is 1. The molecule has 8 heteroatoms. The van der Waals surface area contributed by atoms with Crippen LogP contribution in [0.4, 0.5) is 4.79 Å². The summed E-state index contributed by atoms with van der Waals surface area (Å²) in [5.41, 5.74) is -0.473. The molecule has 148 valence electrons. The molecule has 0 aromatic carbocycles. The Balaban J connectivity index is 0.00000576. The van der Waals surface area contributed by atoms with Crippen LogP contribution in [-0.2, 0) is 9.47 Å². The Labute approximate surface area is 169 Å². The van der Waals surface area contributed by atoms with Crippen molar-refractivity contribution in [3.05, 3.63) is 0 Å². The van der Waals surface area contributed by atoms with E-state index >= 15 is 0 Å². The first-order valence-corrected chi connectivity index (χ1v) is 8.72. The van der Waals surface area contributed by atoms with Crippen molar-refractivity contribution in [3.8, 4) is 0 Å². The second-order valence-electron chi connectivity index (χ2n) is 7.28. The number of ether oxygens (including phenoxy) is 2. The summed E-state index contributed by atoms with van der Waals surface area (Å²) in [6.45, 7) is 9.71. The van der Waals surface area contributed by atoms with E-state index in [4.69, 9.17) is 9.47 Å². The number of hydrogen-bond acceptors (Lipinski definition) is 4. The molecule has 1 heterocycles. The fourth-order valence-electron chi connectivity index (χ4n) is 2.71. The number of piperidine rings is 1. The van der Waals surface area contributed by atoms with Crippen LogP contribution in [-0.4, -0.2) is 68.5 Å². The second kappa shape index (κ2) is 11.8. The third-order valence-corrected chi connectivity index (χ3v) is 3.78. The normalized spacial score (nSPS) is 19.7. The number of nitrogens with one attached hydrogen (secondary N) is 2. The van der Waals surface area contributed by atoms with Gasteiger partial charge in [0.2, 0.25) is 0 Å². The molecule has 1 aliphatic heterocycles. The van der Waals surface area contributed by atoms with E-state index in [0.717, 1.165) is 25.8 Å². The van der Waals surface area contributed by atoms with Crippen molar-refractivity contribution < 1.29 is 14.3 Å². The van der Waals surface area contributed by atoms with Gasteiger partial charge in [-0.25, -0.2) is 4.79 Å². The molecule has 0 spiro atoms. The maximum absolute atomic E-state index is 12.4. The summed E-state index contributed by atoms with van der Waals surface area (Å²) in [4.78, 5) is 18.5. The van der Waals surface area contributed by atoms with Crippen molar-refractivity contribution in [2.75, 3.05) is 33.9 Å². The lowest BCUT2D eigenvalue weighted by Gasteiger charge is -2.37. The molecule has 0 aromatic heterocycles. The van der Waals surface area contributed by atoms with Crippen LogP contribution in [0, 0.1) is 0 Å². The molecule has 2 N–H and O–H groups in total. The zero-order valence-electron chi connectivity index (χ0n) is 16.4. The summed E-state index contributed by atoms with van der Waals surface area (Å²) >= 11 is 0. The van der Waals surface area contributed by atoms with E-state index in [-0.39, 0.29) is 42.2 Å². The molecule has 2 atom stereocenters. The molecule has 1 rings (SSSR count). The van der Waals surface area contributed by atoms with E-state index < -0.39 is 5.60 Å². The number of amides is 1. The monoisotopic (exact) mass is 470 g/mol. The molecular weight excluding hydrogens is 435 g/mol. The van der Waals surface area contributed by atoms with Crippen LogP contribution in [0.2, 0.25) is 0 Å². The van der Waals surface area contributed by atoms with E-state index in [1.165, 1.54) is 0 Å². The third kappa shape index (κ3) is 9.48. The maximum atomic E-state index is 12.4. The van der Waals surface area contributed by atoms with Crippen LogP contribution < -0.4 is 10.6 Å². The first-order valence-electron chi connectivity index (χ1n) is 8.72. The lowest BCUT2D eigenvalue weighted by molar-refractivity contribution is 0.0104. The van der Waals surface area contributed by atoms with E-state index in [1.54, 1.807) is 14.2 Å². The molecule has 0 saturated carbocycles. The van der Waals surface area contributed by atoms with Gasteiger partial charge in [-0.3, -0.25) is 4.99 Å². The van der Waals surface area contributed by atoms with E-state index in [2.05, 4.69) is 15.6 Å². The lowest BCUT2D eigenvalue weighted by atomic mass is 10.0. The van der Waals surface area contributed by atoms with Crippen LogP contribution in [0.25, 0.3) is 0 Å². The van der Waals surface area contributed by atoms with Crippen molar-refractivity contribution in [1.29, 1.82) is 0 Å². The quantitative estimate of drug-likeness (QED) is 0.367. The smallest absolute Gasteiger partial charge is 0.410 e. The fourth-order valence-corrected chi connectivity index (χ4v) is 2.71. The maximum Gasteiger partial charge on any atom is 0.410 e. The van der Waals surface area contributed by atoms with Crippen molar-refractivity contribution in [2.45, 2.75) is 64.6 Å². The molecule has 0 radical (unpaired) electrons. The Morgan fingerprint density at radius 1 is 1.36 bits per heavy atom. The van der Waals surface area contributed by atoms with Gasteiger partial charge in [0.05, 0.1) is 12.6 Å². The fraction of sp³-hybridized carbons (Fsp3) is 0.882. The van der Waals surface area contributed by atoms with Gasteiger partial charge in [0.25, 0.3) is 0 Å². The molecule has 7 nitrogen and oxygen atoms in total. The van der Waals surface area contributed by atoms with Crippen molar-refractivity contribution in [3.63, 3.8) is 0 Å². The Morgan fingerprint density at radius 2 is 2.04 bits per heavy atom. The minimum Gasteiger partial charge on any atom is -0.444 e. The van der Waals surface area contributed by atoms with Gasteiger partial charge in [-0.05, 0) is 47.0 Å². The van der Waals surface area contributed by atoms with Crippen LogP contribution in [0.5, 0.6) is 0 Å². The minimum atomic E-state index is -0.473. The number of methoxy groups -OCH3 is 1. The minimum absolute atomic E-state index is 0. The number of likely N-dealkylation sites (tertiary alicyclic amines) is 1. The first-order chi connectivity index (χ1) is 11.3. The van der Waals surface area contributed by atoms with Gasteiger partial charge in [0.1, 0.15) is 5.60 Å². The highest BCUT2D eigenvalue weighted by atomic mass is 127. The molecule has 0 bridgehead atoms. The summed E-state index contributed by atoms with van der Waals surface area (Å²) in [5, 5.41) is 6.58. The molecule has 1 aliphatic rings. The molecule has 1 fully saturated rings. The number of nitrogens with zero attached hydrogens (tertiary/aromatic N) is 2. The van der Waals surface area contributed by atoms with Gasteiger partial charge >= 0.3 is 6.09 Å². The molecule has 1 amide bonds. The van der Waals surface area contributed by atoms with Crippen molar-refractivity contribution in [1.82, 2.24) is 15.5 Å². The number of halogens is 1. The van der Waals surface area contributed by atoms with Gasteiger partial charge in [0.15, 0.2) is 5.96 Å². The summed E-state index contributed by atoms with van der Waals surface area (Å²) in [5.74, 6) is 0.717. The predicted molar refractivity (Wildman–Crippen MR) is 112 cm³/mol. The molecular formula is C17H35IN4O3. The second-order valence-corrected chi connectivity index (χ2v) is 7.28. The number of rotatable bonds is 5. The third-order valence-electron chi connectivity index (χ3n) is 3.78. The Hall–Kier alpha value is -0.770. The zero-order chi connectivity index (χ0) is 18.2. The number of carbonyl (C=O) groups is 1. The van der Waals surface area contributed by atoms with Crippen LogP contribution in [0.1, 0.15) is 47.0 Å². The van der Waals surface area contributed by atoms with E-state index in [1.807, 2.05) is 32.6 Å². The summed E-state index contributed by atoms with van der Waals surface area (Å²) in [7, 11) is 3.41. The average molecular weight is 470 g/mol. The molecule has 0 aromatic rings. The standard InChI is InChI=1S/C17H34N4O3.HI/c1-13(12-23-6)20-15(18-5)19-11-14-9-7-8-10-21(14)16(22)24-17(2,3)4;/h13-14H,7-12H2,1-6H3,(H2,18,19,20);1H. The SMILES string of the molecule is CN=C(NCC1CCCCN1C(=O)OC(C)(C)C)NC(C)COC.I. The van der Waals surface area contributed by atoms with Gasteiger partial charge in [-0.15, -0.1) is 24.0 Å². The number of guanidine groups is 1. The van der Waals surface area contributed by atoms with Crippen molar-refractivity contribution in [2.24, 2.45) is 4.99 Å². The van der Waals surface area contributed by atoms with Crippen LogP contribution in [0.15, 0.2) is 4.99 Å². The van der Waals surface area contributed by atoms with Gasteiger partial charge in [-0.1, -0.05) is 0 Å². The highest BCUT2D eigenvalue weighted by Crippen LogP contribution is 2.20. The largest absolute Gasteiger partial charge is 0.444 e. The molecule has 1 saturated heterocycles. The molecule has 25 heavy (non-hydrogen) atoms. The summed E-state index contributed by atoms with van der Waals surface area (Å²) < 4.78 is 10.7. The topological polar surface area (TPSA) is 75.2 Å². The zero-order valence-corrected chi connectivity index (χ0v) is 18.8. The summed E-state index contributed by atoms with van der Waals surface area (Å²) in [6, 6.07) is 0.277. The van der Waals surface area contributed by atoms with Crippen LogP contribution in [0.3, 0.4) is 0 Å². The molecule has 0 aliphatic carbocycles. The average Bonchev–Trinajstić information content (AvgIpc) is 2.50. The Kier molecular flexibility index (Phi) is 11.4. The van der Waals surface area contributed by atoms with Crippen molar-refractivity contribution >= 4 is 36.0 Å². The van der Waals surface area contributed by atoms with Gasteiger partial charge in [0, 0.05) is 33.3 Å². The number of aliphatic imine (C=N–C) groups is 1. The van der Waals surface area contributed by atoms with Crippen LogP contribution >= 0.6 is 24.0 Å². The van der Waals surface area contributed by atoms with Gasteiger partial charge in [-0.2, -0.15) is 0 Å². The lowest BCUT2D eigenvalue weighted by Crippen LogP contribution is -2.53. The van der Waals surface area contributed by atoms with E-state index in [9.17, 15) is 4.79 Å². The first kappa shape index (κ1) is 24.2. The highest BCUT2D eigenvalue weighted by Gasteiger charge is 2.30. The Morgan fingerprint density at radius 3 is 2.60 bits per heavy atom. The van der Waals surface area contributed by atoms with Gasteiger partial charge < -0.3 is 25.0 Å². The summed E-state index contributed by atoms with van der Waals surface area (Å²) in [6.07, 6.45) is 2.88.